The number of primary amides is 1. The summed E-state index contributed by atoms with van der Waals surface area (Å²) in [5, 5.41) is 15.7. The maximum absolute atomic E-state index is 12.6. The molecule has 2 aromatic carbocycles. The van der Waals surface area contributed by atoms with Crippen molar-refractivity contribution in [3.05, 3.63) is 95.9 Å². The molecule has 0 fully saturated rings. The van der Waals surface area contributed by atoms with E-state index >= 15 is 0 Å². The van der Waals surface area contributed by atoms with Gasteiger partial charge in [0.2, 0.25) is 23.2 Å². The molecular weight excluding hydrogens is 502 g/mol. The number of rotatable bonds is 11. The van der Waals surface area contributed by atoms with Gasteiger partial charge in [-0.05, 0) is 53.6 Å². The lowest BCUT2D eigenvalue weighted by Crippen LogP contribution is -2.45. The molecule has 8 heteroatoms. The van der Waals surface area contributed by atoms with Crippen molar-refractivity contribution in [3.63, 3.8) is 0 Å². The Labute approximate surface area is 235 Å². The van der Waals surface area contributed by atoms with E-state index in [0.717, 1.165) is 41.0 Å². The summed E-state index contributed by atoms with van der Waals surface area (Å²) < 4.78 is 2.09. The molecule has 4 aromatic rings. The summed E-state index contributed by atoms with van der Waals surface area (Å²) >= 11 is 0. The Hall–Kier alpha value is -4.46. The van der Waals surface area contributed by atoms with Crippen molar-refractivity contribution < 1.29 is 19.4 Å². The Morgan fingerprint density at radius 1 is 1.05 bits per heavy atom. The van der Waals surface area contributed by atoms with E-state index in [-0.39, 0.29) is 23.5 Å². The Kier molecular flexibility index (Phi) is 8.99. The fraction of sp³-hybridized carbons (Fsp3) is 0.312. The maximum Gasteiger partial charge on any atom is 0.240 e. The van der Waals surface area contributed by atoms with E-state index in [0.29, 0.717) is 12.8 Å². The molecule has 40 heavy (non-hydrogen) atoms. The van der Waals surface area contributed by atoms with Crippen molar-refractivity contribution in [2.45, 2.75) is 64.3 Å². The van der Waals surface area contributed by atoms with Crippen LogP contribution in [0.15, 0.2) is 79.1 Å². The normalized spacial score (nSPS) is 12.2. The van der Waals surface area contributed by atoms with Crippen LogP contribution in [0.5, 0.6) is 5.75 Å². The van der Waals surface area contributed by atoms with Crippen LogP contribution in [0.3, 0.4) is 0 Å². The highest BCUT2D eigenvalue weighted by Gasteiger charge is 2.22. The first-order valence-corrected chi connectivity index (χ1v) is 13.6. The highest BCUT2D eigenvalue weighted by molar-refractivity contribution is 5.86. The number of carbonyl (C=O) groups excluding carboxylic acids is 2. The summed E-state index contributed by atoms with van der Waals surface area (Å²) in [4.78, 5) is 28.8. The fourth-order valence-electron chi connectivity index (χ4n) is 4.60. The minimum atomic E-state index is -0.804. The first kappa shape index (κ1) is 28.5. The van der Waals surface area contributed by atoms with E-state index < -0.39 is 11.9 Å². The molecule has 0 saturated carbocycles. The number of H-pyrrole nitrogens is 1. The van der Waals surface area contributed by atoms with Crippen molar-refractivity contribution in [3.8, 4) is 22.7 Å². The molecular formula is C32H38N5O3+. The van der Waals surface area contributed by atoms with Gasteiger partial charge in [0.05, 0.1) is 0 Å². The van der Waals surface area contributed by atoms with Crippen LogP contribution in [-0.2, 0) is 27.8 Å². The van der Waals surface area contributed by atoms with Crippen molar-refractivity contribution in [2.24, 2.45) is 5.73 Å². The SMILES string of the molecule is CC(C)(C)c1ccc(-[n+]2[nH]c(-c3cccnc3)cc2CCCCC(=O)N[C@@H](Cc2ccc(O)cc2)C(N)=O)cc1. The molecule has 8 nitrogen and oxygen atoms in total. The molecule has 2 aromatic heterocycles. The molecule has 0 unspecified atom stereocenters. The van der Waals surface area contributed by atoms with Crippen LogP contribution in [0.1, 0.15) is 56.9 Å². The number of benzene rings is 2. The lowest BCUT2D eigenvalue weighted by Gasteiger charge is -2.18. The van der Waals surface area contributed by atoms with Gasteiger partial charge < -0.3 is 16.2 Å². The van der Waals surface area contributed by atoms with Crippen LogP contribution >= 0.6 is 0 Å². The summed E-state index contributed by atoms with van der Waals surface area (Å²) in [7, 11) is 0. The summed E-state index contributed by atoms with van der Waals surface area (Å²) in [5.41, 5.74) is 11.8. The predicted molar refractivity (Wildman–Crippen MR) is 155 cm³/mol. The van der Waals surface area contributed by atoms with Crippen LogP contribution < -0.4 is 15.7 Å². The van der Waals surface area contributed by atoms with Gasteiger partial charge in [-0.2, -0.15) is 5.10 Å². The first-order valence-electron chi connectivity index (χ1n) is 13.6. The Balaban J connectivity index is 1.40. The molecule has 0 spiro atoms. The molecule has 0 bridgehead atoms. The standard InChI is InChI=1S/C32H37N5O3/c1-32(2,3)24-12-14-25(15-13-24)37-26(20-28(36-37)23-7-6-18-34-21-23)8-4-5-9-30(39)35-29(31(33)40)19-22-10-16-27(38)17-11-22/h6-7,10-18,20-21,29H,4-5,8-9,19H2,1-3H3,(H4,33,35,38,39,40)/p+1/t29-/m0/s1. The third-order valence-corrected chi connectivity index (χ3v) is 6.94. The lowest BCUT2D eigenvalue weighted by molar-refractivity contribution is -0.662. The number of phenols is 1. The van der Waals surface area contributed by atoms with Crippen molar-refractivity contribution in [1.82, 2.24) is 15.4 Å². The molecule has 4 rings (SSSR count). The number of amides is 2. The number of phenolic OH excluding ortho intramolecular Hbond substituents is 1. The third-order valence-electron chi connectivity index (χ3n) is 6.94. The van der Waals surface area contributed by atoms with Gasteiger partial charge in [0.25, 0.3) is 0 Å². The van der Waals surface area contributed by atoms with E-state index in [1.807, 2.05) is 18.3 Å². The number of aromatic nitrogens is 3. The maximum atomic E-state index is 12.6. The molecule has 0 radical (unpaired) electrons. The number of aryl methyl sites for hydroxylation is 1. The van der Waals surface area contributed by atoms with Crippen molar-refractivity contribution in [2.75, 3.05) is 0 Å². The number of aromatic hydroxyl groups is 1. The van der Waals surface area contributed by atoms with Crippen LogP contribution in [-0.4, -0.2) is 33.0 Å². The Morgan fingerprint density at radius 3 is 2.40 bits per heavy atom. The first-order chi connectivity index (χ1) is 19.1. The van der Waals surface area contributed by atoms with Gasteiger partial charge >= 0.3 is 0 Å². The van der Waals surface area contributed by atoms with Crippen LogP contribution in [0.2, 0.25) is 0 Å². The number of carbonyl (C=O) groups is 2. The van der Waals surface area contributed by atoms with E-state index in [1.54, 1.807) is 30.5 Å². The van der Waals surface area contributed by atoms with Gasteiger partial charge in [-0.1, -0.05) is 49.7 Å². The second-order valence-corrected chi connectivity index (χ2v) is 11.1. The number of hydrogen-bond acceptors (Lipinski definition) is 4. The fourth-order valence-corrected chi connectivity index (χ4v) is 4.60. The lowest BCUT2D eigenvalue weighted by atomic mass is 9.87. The number of nitrogens with two attached hydrogens (primary N) is 1. The van der Waals surface area contributed by atoms with Gasteiger partial charge in [-0.3, -0.25) is 14.6 Å². The highest BCUT2D eigenvalue weighted by atomic mass is 16.3. The molecule has 0 aliphatic rings. The zero-order valence-electron chi connectivity index (χ0n) is 23.4. The van der Waals surface area contributed by atoms with Gasteiger partial charge in [-0.25, -0.2) is 0 Å². The zero-order valence-corrected chi connectivity index (χ0v) is 23.4. The van der Waals surface area contributed by atoms with Gasteiger partial charge in [0.15, 0.2) is 0 Å². The van der Waals surface area contributed by atoms with Crippen LogP contribution in [0.25, 0.3) is 16.9 Å². The zero-order chi connectivity index (χ0) is 28.7. The number of nitrogens with one attached hydrogen (secondary N) is 2. The van der Waals surface area contributed by atoms with E-state index in [4.69, 9.17) is 5.73 Å². The second kappa shape index (κ2) is 12.6. The molecule has 1 atom stereocenters. The largest absolute Gasteiger partial charge is 0.508 e. The summed E-state index contributed by atoms with van der Waals surface area (Å²) in [6.45, 7) is 6.60. The topological polar surface area (TPSA) is 125 Å². The monoisotopic (exact) mass is 540 g/mol. The number of hydrogen-bond donors (Lipinski definition) is 4. The van der Waals surface area contributed by atoms with Crippen LogP contribution in [0.4, 0.5) is 0 Å². The van der Waals surface area contributed by atoms with Gasteiger partial charge in [0.1, 0.15) is 17.5 Å². The van der Waals surface area contributed by atoms with E-state index in [1.165, 1.54) is 5.56 Å². The van der Waals surface area contributed by atoms with Crippen LogP contribution in [0, 0.1) is 0 Å². The quantitative estimate of drug-likeness (QED) is 0.167. The molecule has 0 saturated heterocycles. The van der Waals surface area contributed by atoms with Gasteiger partial charge in [0, 0.05) is 55.4 Å². The van der Waals surface area contributed by atoms with Crippen molar-refractivity contribution in [1.29, 1.82) is 0 Å². The smallest absolute Gasteiger partial charge is 0.240 e. The van der Waals surface area contributed by atoms with Gasteiger partial charge in [-0.15, -0.1) is 0 Å². The minimum Gasteiger partial charge on any atom is -0.508 e. The number of pyridine rings is 1. The van der Waals surface area contributed by atoms with Crippen molar-refractivity contribution >= 4 is 11.8 Å². The highest BCUT2D eigenvalue weighted by Crippen LogP contribution is 2.23. The Morgan fingerprint density at radius 2 is 1.77 bits per heavy atom. The predicted octanol–water partition coefficient (Wildman–Crippen LogP) is 4.28. The summed E-state index contributed by atoms with van der Waals surface area (Å²) in [5.74, 6) is -0.657. The third kappa shape index (κ3) is 7.56. The molecule has 5 N–H and O–H groups in total. The molecule has 2 heterocycles. The Bertz CT molecular complexity index is 1420. The number of unbranched alkanes of at least 4 members (excludes halogenated alkanes) is 1. The number of aromatic amines is 1. The minimum absolute atomic E-state index is 0.0702. The molecule has 0 aliphatic carbocycles. The molecule has 0 aliphatic heterocycles. The molecule has 2 amide bonds. The van der Waals surface area contributed by atoms with E-state index in [9.17, 15) is 14.7 Å². The van der Waals surface area contributed by atoms with E-state index in [2.05, 4.69) is 71.2 Å². The summed E-state index contributed by atoms with van der Waals surface area (Å²) in [6, 6.07) is 20.3. The molecule has 208 valence electrons. The summed E-state index contributed by atoms with van der Waals surface area (Å²) in [6.07, 6.45) is 6.36. The average molecular weight is 541 g/mol. The average Bonchev–Trinajstić information content (AvgIpc) is 3.36. The second-order valence-electron chi connectivity index (χ2n) is 11.1. The number of nitrogens with zero attached hydrogens (tertiary/aromatic N) is 2.